The molecule has 0 aliphatic rings. The van der Waals surface area contributed by atoms with E-state index in [0.717, 1.165) is 17.7 Å². The van der Waals surface area contributed by atoms with Gasteiger partial charge in [0.25, 0.3) is 5.89 Å². The fourth-order valence-electron chi connectivity index (χ4n) is 3.10. The SMILES string of the molecule is CCOC(=O)c1cc(C)n(CC(=O)OCc2nc(-c3ccc(CC)cc3)no2)c1C. The molecule has 0 spiro atoms. The van der Waals surface area contributed by atoms with Crippen molar-refractivity contribution in [3.8, 4) is 11.4 Å². The Morgan fingerprint density at radius 3 is 2.50 bits per heavy atom. The van der Waals surface area contributed by atoms with Crippen LogP contribution in [-0.4, -0.2) is 33.3 Å². The lowest BCUT2D eigenvalue weighted by molar-refractivity contribution is -0.146. The van der Waals surface area contributed by atoms with Gasteiger partial charge in [-0.2, -0.15) is 4.98 Å². The summed E-state index contributed by atoms with van der Waals surface area (Å²) in [4.78, 5) is 28.6. The monoisotopic (exact) mass is 411 g/mol. The van der Waals surface area contributed by atoms with Gasteiger partial charge in [-0.05, 0) is 38.8 Å². The molecule has 0 aliphatic carbocycles. The first-order chi connectivity index (χ1) is 14.4. The number of hydrogen-bond donors (Lipinski definition) is 0. The van der Waals surface area contributed by atoms with Crippen LogP contribution in [0.1, 0.15) is 47.0 Å². The summed E-state index contributed by atoms with van der Waals surface area (Å²) in [5.74, 6) is -0.221. The largest absolute Gasteiger partial charge is 0.462 e. The van der Waals surface area contributed by atoms with Crippen molar-refractivity contribution in [3.63, 3.8) is 0 Å². The average Bonchev–Trinajstić information content (AvgIpc) is 3.33. The van der Waals surface area contributed by atoms with Crippen LogP contribution in [0.4, 0.5) is 0 Å². The molecule has 3 rings (SSSR count). The second-order valence-corrected chi connectivity index (χ2v) is 6.81. The normalized spacial score (nSPS) is 10.8. The molecule has 2 aromatic heterocycles. The molecular weight excluding hydrogens is 386 g/mol. The molecule has 8 nitrogen and oxygen atoms in total. The third-order valence-electron chi connectivity index (χ3n) is 4.80. The summed E-state index contributed by atoms with van der Waals surface area (Å²) in [5, 5.41) is 3.94. The third kappa shape index (κ3) is 4.76. The predicted molar refractivity (Wildman–Crippen MR) is 109 cm³/mol. The number of aromatic nitrogens is 3. The van der Waals surface area contributed by atoms with Gasteiger partial charge in [0, 0.05) is 17.0 Å². The Hall–Kier alpha value is -3.42. The highest BCUT2D eigenvalue weighted by Gasteiger charge is 2.19. The minimum Gasteiger partial charge on any atom is -0.462 e. The van der Waals surface area contributed by atoms with E-state index in [1.54, 1.807) is 24.5 Å². The fourth-order valence-corrected chi connectivity index (χ4v) is 3.10. The summed E-state index contributed by atoms with van der Waals surface area (Å²) < 4.78 is 17.2. The van der Waals surface area contributed by atoms with E-state index in [0.29, 0.717) is 23.7 Å². The first kappa shape index (κ1) is 21.3. The van der Waals surface area contributed by atoms with Gasteiger partial charge in [-0.25, -0.2) is 4.79 Å². The molecule has 0 radical (unpaired) electrons. The third-order valence-corrected chi connectivity index (χ3v) is 4.80. The Labute approximate surface area is 174 Å². The van der Waals surface area contributed by atoms with Gasteiger partial charge in [0.05, 0.1) is 12.2 Å². The number of nitrogens with zero attached hydrogens (tertiary/aromatic N) is 3. The Kier molecular flexibility index (Phi) is 6.66. The Morgan fingerprint density at radius 2 is 1.83 bits per heavy atom. The summed E-state index contributed by atoms with van der Waals surface area (Å²) in [7, 11) is 0. The number of carbonyl (C=O) groups excluding carboxylic acids is 2. The Morgan fingerprint density at radius 1 is 1.10 bits per heavy atom. The molecule has 2 heterocycles. The first-order valence-electron chi connectivity index (χ1n) is 9.84. The summed E-state index contributed by atoms with van der Waals surface area (Å²) in [5.41, 5.74) is 3.91. The maximum Gasteiger partial charge on any atom is 0.339 e. The van der Waals surface area contributed by atoms with Crippen molar-refractivity contribution in [2.45, 2.75) is 47.3 Å². The van der Waals surface area contributed by atoms with E-state index in [1.807, 2.05) is 31.2 Å². The van der Waals surface area contributed by atoms with Crippen LogP contribution in [-0.2, 0) is 33.8 Å². The van der Waals surface area contributed by atoms with Crippen molar-refractivity contribution < 1.29 is 23.6 Å². The fraction of sp³-hybridized carbons (Fsp3) is 0.364. The van der Waals surface area contributed by atoms with E-state index < -0.39 is 11.9 Å². The molecule has 0 atom stereocenters. The molecule has 158 valence electrons. The molecule has 0 saturated carbocycles. The van der Waals surface area contributed by atoms with Crippen LogP contribution in [0.3, 0.4) is 0 Å². The highest BCUT2D eigenvalue weighted by molar-refractivity contribution is 5.91. The Balaban J connectivity index is 1.60. The average molecular weight is 411 g/mol. The minimum absolute atomic E-state index is 0.0312. The molecule has 0 fully saturated rings. The maximum absolute atomic E-state index is 12.3. The number of ether oxygens (including phenoxy) is 2. The van der Waals surface area contributed by atoms with Gasteiger partial charge in [-0.15, -0.1) is 0 Å². The van der Waals surface area contributed by atoms with Crippen molar-refractivity contribution in [1.29, 1.82) is 0 Å². The summed E-state index contributed by atoms with van der Waals surface area (Å²) in [6.45, 7) is 7.55. The lowest BCUT2D eigenvalue weighted by atomic mass is 10.1. The summed E-state index contributed by atoms with van der Waals surface area (Å²) in [6.07, 6.45) is 0.954. The Bertz CT molecular complexity index is 1030. The zero-order chi connectivity index (χ0) is 21.7. The van der Waals surface area contributed by atoms with Crippen molar-refractivity contribution >= 4 is 11.9 Å². The van der Waals surface area contributed by atoms with Gasteiger partial charge in [-0.3, -0.25) is 4.79 Å². The number of esters is 2. The summed E-state index contributed by atoms with van der Waals surface area (Å²) in [6, 6.07) is 9.58. The zero-order valence-electron chi connectivity index (χ0n) is 17.6. The zero-order valence-corrected chi connectivity index (χ0v) is 17.6. The molecule has 0 unspecified atom stereocenters. The van der Waals surface area contributed by atoms with Crippen LogP contribution in [0.2, 0.25) is 0 Å². The van der Waals surface area contributed by atoms with Crippen molar-refractivity contribution in [2.75, 3.05) is 6.61 Å². The highest BCUT2D eigenvalue weighted by atomic mass is 16.6. The highest BCUT2D eigenvalue weighted by Crippen LogP contribution is 2.18. The second kappa shape index (κ2) is 9.39. The van der Waals surface area contributed by atoms with Gasteiger partial charge in [0.15, 0.2) is 6.61 Å². The second-order valence-electron chi connectivity index (χ2n) is 6.81. The van der Waals surface area contributed by atoms with E-state index >= 15 is 0 Å². The van der Waals surface area contributed by atoms with Crippen LogP contribution in [0.5, 0.6) is 0 Å². The van der Waals surface area contributed by atoms with E-state index in [9.17, 15) is 9.59 Å². The van der Waals surface area contributed by atoms with Crippen molar-refractivity contribution in [3.05, 3.63) is 58.7 Å². The minimum atomic E-state index is -0.473. The van der Waals surface area contributed by atoms with Crippen LogP contribution >= 0.6 is 0 Å². The lowest BCUT2D eigenvalue weighted by Gasteiger charge is -2.09. The van der Waals surface area contributed by atoms with E-state index in [4.69, 9.17) is 14.0 Å². The van der Waals surface area contributed by atoms with Crippen LogP contribution in [0, 0.1) is 13.8 Å². The first-order valence-corrected chi connectivity index (χ1v) is 9.84. The molecule has 8 heteroatoms. The molecule has 0 amide bonds. The van der Waals surface area contributed by atoms with Crippen LogP contribution in [0.15, 0.2) is 34.9 Å². The van der Waals surface area contributed by atoms with Gasteiger partial charge < -0.3 is 18.6 Å². The molecule has 1 aromatic carbocycles. The molecule has 30 heavy (non-hydrogen) atoms. The molecule has 0 N–H and O–H groups in total. The van der Waals surface area contributed by atoms with E-state index in [2.05, 4.69) is 17.1 Å². The number of aryl methyl sites for hydroxylation is 2. The van der Waals surface area contributed by atoms with Gasteiger partial charge in [-0.1, -0.05) is 36.3 Å². The number of carbonyl (C=O) groups is 2. The van der Waals surface area contributed by atoms with E-state index in [-0.39, 0.29) is 19.0 Å². The standard InChI is InChI=1S/C22H25N3O5/c1-5-16-7-9-17(10-8-16)21-23-19(30-24-21)13-29-20(26)12-25-14(3)11-18(15(25)4)22(27)28-6-2/h7-11H,5-6,12-13H2,1-4H3. The predicted octanol–water partition coefficient (Wildman–Crippen LogP) is 3.64. The lowest BCUT2D eigenvalue weighted by Crippen LogP contribution is -2.16. The summed E-state index contributed by atoms with van der Waals surface area (Å²) >= 11 is 0. The molecular formula is C22H25N3O5. The quantitative estimate of drug-likeness (QED) is 0.522. The van der Waals surface area contributed by atoms with E-state index in [1.165, 1.54) is 5.56 Å². The maximum atomic E-state index is 12.3. The van der Waals surface area contributed by atoms with Crippen LogP contribution < -0.4 is 0 Å². The molecule has 0 saturated heterocycles. The van der Waals surface area contributed by atoms with Gasteiger partial charge in [0.2, 0.25) is 5.82 Å². The number of rotatable bonds is 8. The van der Waals surface area contributed by atoms with Gasteiger partial charge >= 0.3 is 11.9 Å². The van der Waals surface area contributed by atoms with Crippen molar-refractivity contribution in [1.82, 2.24) is 14.7 Å². The van der Waals surface area contributed by atoms with Gasteiger partial charge in [0.1, 0.15) is 6.54 Å². The number of hydrogen-bond acceptors (Lipinski definition) is 7. The molecule has 0 bridgehead atoms. The smallest absolute Gasteiger partial charge is 0.339 e. The molecule has 0 aliphatic heterocycles. The number of benzene rings is 1. The molecule has 3 aromatic rings. The van der Waals surface area contributed by atoms with Crippen molar-refractivity contribution in [2.24, 2.45) is 0 Å². The van der Waals surface area contributed by atoms with Crippen LogP contribution in [0.25, 0.3) is 11.4 Å². The topological polar surface area (TPSA) is 96.5 Å².